The van der Waals surface area contributed by atoms with Gasteiger partial charge in [-0.1, -0.05) is 44.2 Å². The summed E-state index contributed by atoms with van der Waals surface area (Å²) in [5.74, 6) is -0.916. The number of carbonyl (C=O) groups is 3. The molecule has 0 saturated heterocycles. The maximum absolute atomic E-state index is 12.6. The average Bonchev–Trinajstić information content (AvgIpc) is 2.67. The molecule has 1 aliphatic rings. The number of hydrogen-bond donors (Lipinski definition) is 2. The lowest BCUT2D eigenvalue weighted by atomic mass is 9.75. The summed E-state index contributed by atoms with van der Waals surface area (Å²) in [7, 11) is 0. The van der Waals surface area contributed by atoms with Crippen molar-refractivity contribution >= 4 is 17.8 Å². The fraction of sp³-hybridized carbons (Fsp3) is 0.609. The Balaban J connectivity index is 2.08. The summed E-state index contributed by atoms with van der Waals surface area (Å²) < 4.78 is 5.36. The molecule has 0 heterocycles. The van der Waals surface area contributed by atoms with Crippen molar-refractivity contribution in [3.05, 3.63) is 35.9 Å². The van der Waals surface area contributed by atoms with E-state index in [0.29, 0.717) is 19.3 Å². The number of carbonyl (C=O) groups excluding carboxylic acids is 2. The Hall–Kier alpha value is -2.41. The number of ether oxygens (including phenoxy) is 1. The maximum atomic E-state index is 12.6. The van der Waals surface area contributed by atoms with Crippen LogP contribution in [-0.2, 0) is 20.9 Å². The number of carboxylic acid groups (broad SMARTS) is 1. The third kappa shape index (κ3) is 6.05. The number of Topliss-reactive ketones (excluding diaryl/α,β-unsaturated/α-hetero) is 1. The summed E-state index contributed by atoms with van der Waals surface area (Å²) in [5, 5.41) is 9.94. The third-order valence-electron chi connectivity index (χ3n) is 5.85. The van der Waals surface area contributed by atoms with Gasteiger partial charge in [-0.2, -0.15) is 0 Å². The molecular formula is C23H34N2O5. The Kier molecular flexibility index (Phi) is 8.01. The predicted octanol–water partition coefficient (Wildman–Crippen LogP) is 3.60. The first-order chi connectivity index (χ1) is 14.0. The Morgan fingerprint density at radius 3 is 2.40 bits per heavy atom. The van der Waals surface area contributed by atoms with Crippen molar-refractivity contribution in [2.24, 2.45) is 17.6 Å². The molecule has 1 saturated carbocycles. The first-order valence-electron chi connectivity index (χ1n) is 10.5. The largest absolute Gasteiger partial charge is 0.465 e. The van der Waals surface area contributed by atoms with E-state index in [1.54, 1.807) is 13.8 Å². The molecule has 1 aromatic carbocycles. The van der Waals surface area contributed by atoms with Gasteiger partial charge in [-0.3, -0.25) is 14.5 Å². The highest BCUT2D eigenvalue weighted by atomic mass is 16.5. The normalized spacial score (nSPS) is 21.9. The quantitative estimate of drug-likeness (QED) is 0.624. The number of esters is 1. The zero-order valence-electron chi connectivity index (χ0n) is 18.3. The second-order valence-electron chi connectivity index (χ2n) is 9.08. The topological polar surface area (TPSA) is 110 Å². The number of ketones is 1. The molecule has 0 bridgehead atoms. The van der Waals surface area contributed by atoms with Crippen LogP contribution < -0.4 is 5.73 Å². The van der Waals surface area contributed by atoms with Gasteiger partial charge in [0.05, 0.1) is 12.0 Å². The van der Waals surface area contributed by atoms with Crippen LogP contribution in [0, 0.1) is 11.8 Å². The molecule has 7 nitrogen and oxygen atoms in total. The zero-order valence-corrected chi connectivity index (χ0v) is 18.3. The molecule has 1 amide bonds. The van der Waals surface area contributed by atoms with Gasteiger partial charge in [0.2, 0.25) is 0 Å². The molecule has 1 aliphatic carbocycles. The second-order valence-corrected chi connectivity index (χ2v) is 9.08. The van der Waals surface area contributed by atoms with Gasteiger partial charge in [0.1, 0.15) is 12.4 Å². The van der Waals surface area contributed by atoms with Gasteiger partial charge in [-0.05, 0) is 38.7 Å². The highest BCUT2D eigenvalue weighted by Gasteiger charge is 2.43. The van der Waals surface area contributed by atoms with Gasteiger partial charge in [-0.15, -0.1) is 0 Å². The van der Waals surface area contributed by atoms with Crippen LogP contribution >= 0.6 is 0 Å². The molecule has 30 heavy (non-hydrogen) atoms. The Morgan fingerprint density at radius 2 is 1.83 bits per heavy atom. The molecule has 0 radical (unpaired) electrons. The molecule has 3 N–H and O–H groups in total. The van der Waals surface area contributed by atoms with Gasteiger partial charge in [0.25, 0.3) is 0 Å². The van der Waals surface area contributed by atoms with Gasteiger partial charge in [0, 0.05) is 23.9 Å². The van der Waals surface area contributed by atoms with E-state index in [-0.39, 0.29) is 42.7 Å². The van der Waals surface area contributed by atoms with Crippen LogP contribution in [0.5, 0.6) is 0 Å². The summed E-state index contributed by atoms with van der Waals surface area (Å²) >= 11 is 0. The minimum absolute atomic E-state index is 0.0672. The maximum Gasteiger partial charge on any atom is 0.408 e. The van der Waals surface area contributed by atoms with Crippen molar-refractivity contribution in [2.45, 2.75) is 77.6 Å². The monoisotopic (exact) mass is 418 g/mol. The minimum atomic E-state index is -1.10. The van der Waals surface area contributed by atoms with Crippen molar-refractivity contribution in [3.8, 4) is 0 Å². The van der Waals surface area contributed by atoms with Crippen LogP contribution in [-0.4, -0.2) is 45.5 Å². The lowest BCUT2D eigenvalue weighted by Crippen LogP contribution is -2.57. The van der Waals surface area contributed by atoms with E-state index in [1.807, 2.05) is 44.2 Å². The van der Waals surface area contributed by atoms with E-state index < -0.39 is 17.6 Å². The first kappa shape index (κ1) is 23.9. The number of amides is 1. The molecule has 166 valence electrons. The van der Waals surface area contributed by atoms with Crippen LogP contribution in [0.1, 0.15) is 58.9 Å². The third-order valence-corrected chi connectivity index (χ3v) is 5.85. The molecule has 1 fully saturated rings. The fourth-order valence-electron chi connectivity index (χ4n) is 4.30. The van der Waals surface area contributed by atoms with Crippen LogP contribution in [0.4, 0.5) is 4.79 Å². The molecule has 2 rings (SSSR count). The van der Waals surface area contributed by atoms with Gasteiger partial charge >= 0.3 is 12.1 Å². The van der Waals surface area contributed by atoms with Gasteiger partial charge in [-0.25, -0.2) is 4.79 Å². The Morgan fingerprint density at radius 1 is 1.20 bits per heavy atom. The molecule has 7 heteroatoms. The smallest absolute Gasteiger partial charge is 0.408 e. The van der Waals surface area contributed by atoms with E-state index in [2.05, 4.69) is 0 Å². The van der Waals surface area contributed by atoms with Crippen molar-refractivity contribution < 1.29 is 24.2 Å². The first-order valence-corrected chi connectivity index (χ1v) is 10.5. The molecule has 0 aliphatic heterocycles. The summed E-state index contributed by atoms with van der Waals surface area (Å²) in [5.41, 5.74) is 6.08. The van der Waals surface area contributed by atoms with Crippen LogP contribution in [0.2, 0.25) is 0 Å². The predicted molar refractivity (Wildman–Crippen MR) is 114 cm³/mol. The molecule has 3 atom stereocenters. The highest BCUT2D eigenvalue weighted by molar-refractivity contribution is 5.83. The van der Waals surface area contributed by atoms with E-state index in [1.165, 1.54) is 4.90 Å². The van der Waals surface area contributed by atoms with Gasteiger partial charge < -0.3 is 15.6 Å². The number of nitrogens with zero attached hydrogens (tertiary/aromatic N) is 1. The van der Waals surface area contributed by atoms with E-state index >= 15 is 0 Å². The zero-order chi connectivity index (χ0) is 22.5. The lowest BCUT2D eigenvalue weighted by molar-refractivity contribution is -0.148. The SMILES string of the molecule is CC(C)C(=O)[C@@H]1CC(N(C(=O)O)C(C)(C)CC(=O)OCc2ccccc2)CC[C@@H]1N. The second kappa shape index (κ2) is 10.1. The highest BCUT2D eigenvalue weighted by Crippen LogP contribution is 2.34. The Labute approximate surface area is 178 Å². The summed E-state index contributed by atoms with van der Waals surface area (Å²) in [4.78, 5) is 38.5. The summed E-state index contributed by atoms with van der Waals surface area (Å²) in [6, 6.07) is 8.70. The van der Waals surface area contributed by atoms with Crippen molar-refractivity contribution in [1.82, 2.24) is 4.90 Å². The standard InChI is InChI=1S/C23H34N2O5/c1-15(2)21(27)18-12-17(10-11-19(18)24)25(22(28)29)23(3,4)13-20(26)30-14-16-8-6-5-7-9-16/h5-9,15,17-19H,10-14,24H2,1-4H3,(H,28,29)/t17?,18-,19+/m1/s1. The Bertz CT molecular complexity index is 747. The minimum Gasteiger partial charge on any atom is -0.465 e. The number of hydrogen-bond acceptors (Lipinski definition) is 5. The lowest BCUT2D eigenvalue weighted by Gasteiger charge is -2.45. The van der Waals surface area contributed by atoms with Crippen LogP contribution in [0.15, 0.2) is 30.3 Å². The van der Waals surface area contributed by atoms with Crippen molar-refractivity contribution in [2.75, 3.05) is 0 Å². The molecule has 0 aromatic heterocycles. The molecule has 1 aromatic rings. The summed E-state index contributed by atoms with van der Waals surface area (Å²) in [6.45, 7) is 7.25. The van der Waals surface area contributed by atoms with Crippen molar-refractivity contribution in [3.63, 3.8) is 0 Å². The summed E-state index contributed by atoms with van der Waals surface area (Å²) in [6.07, 6.45) is 0.348. The molecular weight excluding hydrogens is 384 g/mol. The van der Waals surface area contributed by atoms with Crippen LogP contribution in [0.25, 0.3) is 0 Å². The van der Waals surface area contributed by atoms with E-state index in [4.69, 9.17) is 10.5 Å². The molecule has 0 spiro atoms. The number of rotatable bonds is 8. The average molecular weight is 419 g/mol. The van der Waals surface area contributed by atoms with Crippen LogP contribution in [0.3, 0.4) is 0 Å². The van der Waals surface area contributed by atoms with Crippen molar-refractivity contribution in [1.29, 1.82) is 0 Å². The number of benzene rings is 1. The molecule has 1 unspecified atom stereocenters. The fourth-order valence-corrected chi connectivity index (χ4v) is 4.30. The number of nitrogens with two attached hydrogens (primary N) is 1. The van der Waals surface area contributed by atoms with E-state index in [0.717, 1.165) is 5.56 Å². The van der Waals surface area contributed by atoms with E-state index in [9.17, 15) is 19.5 Å². The van der Waals surface area contributed by atoms with Gasteiger partial charge in [0.15, 0.2) is 0 Å².